The van der Waals surface area contributed by atoms with Crippen LogP contribution in [0, 0.1) is 6.92 Å². The molecule has 0 saturated heterocycles. The lowest BCUT2D eigenvalue weighted by molar-refractivity contribution is -0.0168. The lowest BCUT2D eigenvalue weighted by Crippen LogP contribution is -2.23. The van der Waals surface area contributed by atoms with Crippen LogP contribution in [0.2, 0.25) is 0 Å². The van der Waals surface area contributed by atoms with E-state index in [1.54, 1.807) is 0 Å². The topological polar surface area (TPSA) is 43.4 Å². The van der Waals surface area contributed by atoms with Gasteiger partial charge in [0, 0.05) is 24.3 Å². The second-order valence-electron chi connectivity index (χ2n) is 6.24. The summed E-state index contributed by atoms with van der Waals surface area (Å²) < 4.78 is 11.2. The van der Waals surface area contributed by atoms with Crippen molar-refractivity contribution in [3.05, 3.63) is 23.4 Å². The largest absolute Gasteiger partial charge is 0.475 e. The van der Waals surface area contributed by atoms with Crippen molar-refractivity contribution >= 4 is 0 Å². The monoisotopic (exact) mass is 280 g/mol. The standard InChI is InChI=1S/C16H28N2O2/c1-12(2)17-11-14-7-8-15(18-13(14)3)19-9-10-20-16(4,5)6/h7-8,12,17H,9-11H2,1-6H3. The maximum Gasteiger partial charge on any atom is 0.213 e. The highest BCUT2D eigenvalue weighted by Gasteiger charge is 2.09. The third kappa shape index (κ3) is 6.87. The number of rotatable bonds is 7. The summed E-state index contributed by atoms with van der Waals surface area (Å²) in [5.74, 6) is 0.660. The number of aryl methyl sites for hydroxylation is 1. The Morgan fingerprint density at radius 1 is 1.20 bits per heavy atom. The van der Waals surface area contributed by atoms with Crippen LogP contribution in [0.15, 0.2) is 12.1 Å². The van der Waals surface area contributed by atoms with Crippen molar-refractivity contribution in [3.8, 4) is 5.88 Å². The van der Waals surface area contributed by atoms with Crippen molar-refractivity contribution in [2.45, 2.75) is 59.7 Å². The molecule has 0 unspecified atom stereocenters. The van der Waals surface area contributed by atoms with Gasteiger partial charge in [0.05, 0.1) is 12.2 Å². The molecule has 20 heavy (non-hydrogen) atoms. The van der Waals surface area contributed by atoms with Crippen molar-refractivity contribution in [2.24, 2.45) is 0 Å². The number of hydrogen-bond donors (Lipinski definition) is 1. The van der Waals surface area contributed by atoms with E-state index in [1.165, 1.54) is 5.56 Å². The predicted molar refractivity (Wildman–Crippen MR) is 82.1 cm³/mol. The van der Waals surface area contributed by atoms with Crippen molar-refractivity contribution in [1.29, 1.82) is 0 Å². The molecule has 0 spiro atoms. The van der Waals surface area contributed by atoms with Gasteiger partial charge in [-0.2, -0.15) is 0 Å². The van der Waals surface area contributed by atoms with Crippen molar-refractivity contribution < 1.29 is 9.47 Å². The minimum Gasteiger partial charge on any atom is -0.475 e. The highest BCUT2D eigenvalue weighted by Crippen LogP contribution is 2.13. The van der Waals surface area contributed by atoms with Gasteiger partial charge in [-0.1, -0.05) is 19.9 Å². The molecule has 0 aliphatic heterocycles. The fourth-order valence-electron chi connectivity index (χ4n) is 1.64. The van der Waals surface area contributed by atoms with Gasteiger partial charge in [0.25, 0.3) is 0 Å². The fraction of sp³-hybridized carbons (Fsp3) is 0.688. The van der Waals surface area contributed by atoms with Gasteiger partial charge < -0.3 is 14.8 Å². The molecule has 114 valence electrons. The Morgan fingerprint density at radius 3 is 2.45 bits per heavy atom. The van der Waals surface area contributed by atoms with Gasteiger partial charge in [0.2, 0.25) is 5.88 Å². The third-order valence-electron chi connectivity index (χ3n) is 2.74. The van der Waals surface area contributed by atoms with E-state index in [1.807, 2.05) is 33.8 Å². The Labute approximate surface area is 122 Å². The number of aromatic nitrogens is 1. The minimum absolute atomic E-state index is 0.126. The van der Waals surface area contributed by atoms with Crippen LogP contribution in [0.3, 0.4) is 0 Å². The molecule has 0 aliphatic rings. The van der Waals surface area contributed by atoms with Crippen LogP contribution in [-0.2, 0) is 11.3 Å². The quantitative estimate of drug-likeness (QED) is 0.780. The van der Waals surface area contributed by atoms with Gasteiger partial charge >= 0.3 is 0 Å². The smallest absolute Gasteiger partial charge is 0.213 e. The second kappa shape index (κ2) is 7.60. The summed E-state index contributed by atoms with van der Waals surface area (Å²) in [6.45, 7) is 14.3. The van der Waals surface area contributed by atoms with Crippen molar-refractivity contribution in [2.75, 3.05) is 13.2 Å². The Kier molecular flexibility index (Phi) is 6.43. The van der Waals surface area contributed by atoms with Gasteiger partial charge in [-0.15, -0.1) is 0 Å². The van der Waals surface area contributed by atoms with E-state index in [0.29, 0.717) is 25.1 Å². The lowest BCUT2D eigenvalue weighted by Gasteiger charge is -2.19. The van der Waals surface area contributed by atoms with Crippen molar-refractivity contribution in [3.63, 3.8) is 0 Å². The van der Waals surface area contributed by atoms with Gasteiger partial charge in [0.1, 0.15) is 6.61 Å². The summed E-state index contributed by atoms with van der Waals surface area (Å²) in [6, 6.07) is 4.46. The zero-order valence-corrected chi connectivity index (χ0v) is 13.6. The molecule has 0 atom stereocenters. The van der Waals surface area contributed by atoms with E-state index in [4.69, 9.17) is 9.47 Å². The first-order valence-corrected chi connectivity index (χ1v) is 7.24. The first-order valence-electron chi connectivity index (χ1n) is 7.24. The molecule has 1 N–H and O–H groups in total. The number of pyridine rings is 1. The van der Waals surface area contributed by atoms with E-state index < -0.39 is 0 Å². The summed E-state index contributed by atoms with van der Waals surface area (Å²) in [6.07, 6.45) is 0. The molecular formula is C16H28N2O2. The lowest BCUT2D eigenvalue weighted by atomic mass is 10.2. The summed E-state index contributed by atoms with van der Waals surface area (Å²) in [7, 11) is 0. The number of nitrogens with one attached hydrogen (secondary N) is 1. The second-order valence-corrected chi connectivity index (χ2v) is 6.24. The highest BCUT2D eigenvalue weighted by atomic mass is 16.5. The zero-order valence-electron chi connectivity index (χ0n) is 13.6. The summed E-state index contributed by atoms with van der Waals surface area (Å²) in [5.41, 5.74) is 2.09. The Hall–Kier alpha value is -1.13. The van der Waals surface area contributed by atoms with Gasteiger partial charge in [-0.3, -0.25) is 0 Å². The zero-order chi connectivity index (χ0) is 15.2. The Bertz CT molecular complexity index is 411. The minimum atomic E-state index is -0.126. The molecular weight excluding hydrogens is 252 g/mol. The Morgan fingerprint density at radius 2 is 1.90 bits per heavy atom. The molecule has 0 aromatic carbocycles. The maximum absolute atomic E-state index is 5.61. The summed E-state index contributed by atoms with van der Waals surface area (Å²) >= 11 is 0. The van der Waals surface area contributed by atoms with E-state index in [9.17, 15) is 0 Å². The number of hydrogen-bond acceptors (Lipinski definition) is 4. The van der Waals surface area contributed by atoms with E-state index >= 15 is 0 Å². The van der Waals surface area contributed by atoms with Crippen molar-refractivity contribution in [1.82, 2.24) is 10.3 Å². The summed E-state index contributed by atoms with van der Waals surface area (Å²) in [5, 5.41) is 3.39. The molecule has 0 aliphatic carbocycles. The predicted octanol–water partition coefficient (Wildman–Crippen LogP) is 3.08. The van der Waals surface area contributed by atoms with Gasteiger partial charge in [-0.05, 0) is 33.3 Å². The first kappa shape index (κ1) is 16.9. The highest BCUT2D eigenvalue weighted by molar-refractivity contribution is 5.24. The molecule has 0 fully saturated rings. The average Bonchev–Trinajstić information content (AvgIpc) is 2.32. The van der Waals surface area contributed by atoms with Crippen LogP contribution in [0.5, 0.6) is 5.88 Å². The summed E-state index contributed by atoms with van der Waals surface area (Å²) in [4.78, 5) is 4.47. The Balaban J connectivity index is 2.43. The normalized spacial score (nSPS) is 11.9. The molecule has 1 rings (SSSR count). The molecule has 1 aromatic rings. The molecule has 4 nitrogen and oxygen atoms in total. The van der Waals surface area contributed by atoms with Gasteiger partial charge in [-0.25, -0.2) is 4.98 Å². The molecule has 1 heterocycles. The van der Waals surface area contributed by atoms with Gasteiger partial charge in [0.15, 0.2) is 0 Å². The van der Waals surface area contributed by atoms with Crippen LogP contribution in [0.1, 0.15) is 45.9 Å². The SMILES string of the molecule is Cc1nc(OCCOC(C)(C)C)ccc1CNC(C)C. The number of ether oxygens (including phenoxy) is 2. The molecule has 0 saturated carbocycles. The molecule has 0 radical (unpaired) electrons. The van der Waals surface area contributed by atoms with E-state index in [-0.39, 0.29) is 5.60 Å². The molecule has 4 heteroatoms. The molecule has 1 aromatic heterocycles. The average molecular weight is 280 g/mol. The van der Waals surface area contributed by atoms with E-state index in [0.717, 1.165) is 12.2 Å². The maximum atomic E-state index is 5.61. The first-order chi connectivity index (χ1) is 9.28. The van der Waals surface area contributed by atoms with Crippen LogP contribution >= 0.6 is 0 Å². The molecule has 0 amide bonds. The number of nitrogens with zero attached hydrogens (tertiary/aromatic N) is 1. The van der Waals surface area contributed by atoms with E-state index in [2.05, 4.69) is 30.2 Å². The van der Waals surface area contributed by atoms with Crippen LogP contribution in [0.4, 0.5) is 0 Å². The third-order valence-corrected chi connectivity index (χ3v) is 2.74. The molecule has 0 bridgehead atoms. The van der Waals surface area contributed by atoms with Crippen LogP contribution in [-0.4, -0.2) is 29.8 Å². The van der Waals surface area contributed by atoms with Crippen LogP contribution < -0.4 is 10.1 Å². The fourth-order valence-corrected chi connectivity index (χ4v) is 1.64. The van der Waals surface area contributed by atoms with Crippen LogP contribution in [0.25, 0.3) is 0 Å².